The second-order valence-corrected chi connectivity index (χ2v) is 5.64. The highest BCUT2D eigenvalue weighted by atomic mass is 32.7. The normalized spacial score (nSPS) is 14.0. The molecule has 0 saturated heterocycles. The Kier molecular flexibility index (Phi) is 3.71. The highest BCUT2D eigenvalue weighted by molar-refractivity contribution is 8.46. The van der Waals surface area contributed by atoms with Crippen LogP contribution in [0.3, 0.4) is 0 Å². The van der Waals surface area contributed by atoms with Crippen LogP contribution in [0.4, 0.5) is 3.89 Å². The average Bonchev–Trinajstić information content (AvgIpc) is 2.05. The summed E-state index contributed by atoms with van der Waals surface area (Å²) < 4.78 is 32.9. The predicted molar refractivity (Wildman–Crippen MR) is 56.5 cm³/mol. The summed E-state index contributed by atoms with van der Waals surface area (Å²) in [5.74, 6) is 0. The van der Waals surface area contributed by atoms with Crippen LogP contribution in [0.1, 0.15) is 10.1 Å². The molecule has 0 heterocycles. The summed E-state index contributed by atoms with van der Waals surface area (Å²) in [5, 5.41) is 0. The molecule has 0 aliphatic heterocycles. The van der Waals surface area contributed by atoms with E-state index in [1.54, 1.807) is 30.3 Å². The summed E-state index contributed by atoms with van der Waals surface area (Å²) in [4.78, 5) is 0. The minimum atomic E-state index is -4.53. The molecule has 1 rings (SSSR count). The fraction of sp³-hybridized carbons (Fsp3) is 0.143. The van der Waals surface area contributed by atoms with Crippen molar-refractivity contribution in [3.8, 4) is 0 Å². The second-order valence-electron chi connectivity index (χ2n) is 2.35. The number of benzene rings is 1. The van der Waals surface area contributed by atoms with Crippen LogP contribution >= 0.6 is 19.8 Å². The summed E-state index contributed by atoms with van der Waals surface area (Å²) in [7, 11) is -2.37. The molecule has 0 spiro atoms. The SMILES string of the molecule is O=S(=O)(F)C(SP)c1ccccc1. The molecule has 0 radical (unpaired) electrons. The highest BCUT2D eigenvalue weighted by Crippen LogP contribution is 2.39. The first-order valence-corrected chi connectivity index (χ1v) is 7.20. The van der Waals surface area contributed by atoms with Gasteiger partial charge in [0.15, 0.2) is 4.58 Å². The number of hydrogen-bond acceptors (Lipinski definition) is 3. The maximum Gasteiger partial charge on any atom is 0.319 e. The first kappa shape index (κ1) is 11.0. The van der Waals surface area contributed by atoms with E-state index in [-0.39, 0.29) is 0 Å². The smallest absolute Gasteiger partial charge is 0.193 e. The van der Waals surface area contributed by atoms with Crippen molar-refractivity contribution in [3.63, 3.8) is 0 Å². The Morgan fingerprint density at radius 1 is 1.31 bits per heavy atom. The topological polar surface area (TPSA) is 34.1 Å². The first-order chi connectivity index (χ1) is 6.05. The fourth-order valence-corrected chi connectivity index (χ4v) is 3.91. The lowest BCUT2D eigenvalue weighted by Gasteiger charge is -2.08. The molecule has 13 heavy (non-hydrogen) atoms. The van der Waals surface area contributed by atoms with Gasteiger partial charge in [0.1, 0.15) is 0 Å². The van der Waals surface area contributed by atoms with Crippen LogP contribution in [-0.4, -0.2) is 8.42 Å². The third-order valence-electron chi connectivity index (χ3n) is 1.45. The maximum absolute atomic E-state index is 12.7. The Balaban J connectivity index is 3.06. The van der Waals surface area contributed by atoms with Crippen molar-refractivity contribution in [3.05, 3.63) is 35.9 Å². The Morgan fingerprint density at radius 2 is 1.85 bits per heavy atom. The Labute approximate surface area is 83.1 Å². The Hall–Kier alpha value is -0.120. The predicted octanol–water partition coefficient (Wildman–Crippen LogP) is 2.51. The van der Waals surface area contributed by atoms with Gasteiger partial charge in [-0.1, -0.05) is 38.8 Å². The maximum atomic E-state index is 12.7. The van der Waals surface area contributed by atoms with Crippen molar-refractivity contribution in [1.82, 2.24) is 0 Å². The van der Waals surface area contributed by atoms with Gasteiger partial charge < -0.3 is 0 Å². The van der Waals surface area contributed by atoms with Gasteiger partial charge >= 0.3 is 10.2 Å². The minimum Gasteiger partial charge on any atom is -0.193 e. The van der Waals surface area contributed by atoms with E-state index in [9.17, 15) is 12.3 Å². The number of rotatable bonds is 3. The zero-order valence-corrected chi connectivity index (χ0v) is 9.34. The van der Waals surface area contributed by atoms with E-state index >= 15 is 0 Å². The van der Waals surface area contributed by atoms with Gasteiger partial charge in [0, 0.05) is 0 Å². The molecule has 0 bridgehead atoms. The second kappa shape index (κ2) is 4.40. The van der Waals surface area contributed by atoms with Crippen molar-refractivity contribution in [2.75, 3.05) is 0 Å². The standard InChI is InChI=1S/C7H8FO2PS2/c8-13(9,10)7(12-11)6-4-2-1-3-5-6/h1-5,7H,11H2. The molecule has 0 fully saturated rings. The van der Waals surface area contributed by atoms with E-state index in [0.717, 1.165) is 11.4 Å². The van der Waals surface area contributed by atoms with Gasteiger partial charge in [0.05, 0.1) is 0 Å². The van der Waals surface area contributed by atoms with Gasteiger partial charge in [-0.25, -0.2) is 0 Å². The lowest BCUT2D eigenvalue weighted by Crippen LogP contribution is -2.02. The van der Waals surface area contributed by atoms with E-state index in [2.05, 4.69) is 8.44 Å². The molecule has 0 N–H and O–H groups in total. The molecule has 2 nitrogen and oxygen atoms in total. The molecule has 1 aromatic rings. The van der Waals surface area contributed by atoms with E-state index in [0.29, 0.717) is 5.56 Å². The fourth-order valence-electron chi connectivity index (χ4n) is 0.918. The number of hydrogen-bond donors (Lipinski definition) is 0. The summed E-state index contributed by atoms with van der Waals surface area (Å²) in [6.45, 7) is 0. The third kappa shape index (κ3) is 2.93. The molecule has 6 heteroatoms. The zero-order valence-electron chi connectivity index (χ0n) is 6.55. The van der Waals surface area contributed by atoms with E-state index in [1.807, 2.05) is 0 Å². The average molecular weight is 238 g/mol. The van der Waals surface area contributed by atoms with Crippen molar-refractivity contribution in [1.29, 1.82) is 0 Å². The Morgan fingerprint density at radius 3 is 2.23 bits per heavy atom. The monoisotopic (exact) mass is 238 g/mol. The molecule has 72 valence electrons. The molecule has 0 aromatic heterocycles. The van der Waals surface area contributed by atoms with Crippen LogP contribution < -0.4 is 0 Å². The van der Waals surface area contributed by atoms with Gasteiger partial charge in [-0.3, -0.25) is 0 Å². The molecule has 0 aliphatic rings. The molecule has 0 saturated carbocycles. The highest BCUT2D eigenvalue weighted by Gasteiger charge is 2.25. The van der Waals surface area contributed by atoms with Gasteiger partial charge in [0.25, 0.3) is 0 Å². The van der Waals surface area contributed by atoms with Crippen LogP contribution in [0, 0.1) is 0 Å². The van der Waals surface area contributed by atoms with Gasteiger partial charge in [0.2, 0.25) is 0 Å². The van der Waals surface area contributed by atoms with Crippen molar-refractivity contribution in [2.24, 2.45) is 0 Å². The summed E-state index contributed by atoms with van der Waals surface area (Å²) >= 11 is 0.884. The van der Waals surface area contributed by atoms with Gasteiger partial charge in [-0.05, 0) is 5.56 Å². The Bertz CT molecular complexity index is 365. The van der Waals surface area contributed by atoms with E-state index in [4.69, 9.17) is 0 Å². The van der Waals surface area contributed by atoms with Gasteiger partial charge in [-0.15, -0.1) is 15.3 Å². The quantitative estimate of drug-likeness (QED) is 0.599. The van der Waals surface area contributed by atoms with Crippen molar-refractivity contribution in [2.45, 2.75) is 4.58 Å². The summed E-state index contributed by atoms with van der Waals surface area (Å²) in [5.41, 5.74) is 0.449. The largest absolute Gasteiger partial charge is 0.319 e. The summed E-state index contributed by atoms with van der Waals surface area (Å²) in [6, 6.07) is 8.26. The lowest BCUT2D eigenvalue weighted by molar-refractivity contribution is 0.550. The van der Waals surface area contributed by atoms with Crippen LogP contribution in [0.25, 0.3) is 0 Å². The minimum absolute atomic E-state index is 0.449. The molecule has 0 amide bonds. The molecular formula is C7H8FO2PS2. The molecule has 0 aliphatic carbocycles. The van der Waals surface area contributed by atoms with Crippen LogP contribution in [0.5, 0.6) is 0 Å². The van der Waals surface area contributed by atoms with Crippen molar-refractivity contribution >= 4 is 30.0 Å². The molecule has 1 aromatic carbocycles. The van der Waals surface area contributed by atoms with E-state index in [1.165, 1.54) is 0 Å². The lowest BCUT2D eigenvalue weighted by atomic mass is 10.2. The van der Waals surface area contributed by atoms with E-state index < -0.39 is 14.8 Å². The third-order valence-corrected chi connectivity index (χ3v) is 5.19. The van der Waals surface area contributed by atoms with Crippen molar-refractivity contribution < 1.29 is 12.3 Å². The molecule has 2 atom stereocenters. The number of halogens is 1. The van der Waals surface area contributed by atoms with Crippen LogP contribution in [-0.2, 0) is 10.2 Å². The van der Waals surface area contributed by atoms with Crippen LogP contribution in [0.15, 0.2) is 30.3 Å². The van der Waals surface area contributed by atoms with Crippen LogP contribution in [0.2, 0.25) is 0 Å². The van der Waals surface area contributed by atoms with Gasteiger partial charge in [-0.2, -0.15) is 8.42 Å². The molecule has 2 unspecified atom stereocenters. The first-order valence-electron chi connectivity index (χ1n) is 3.39. The molecular weight excluding hydrogens is 230 g/mol. The summed E-state index contributed by atoms with van der Waals surface area (Å²) in [6.07, 6.45) is 0. The zero-order chi connectivity index (χ0) is 9.90.